The molecule has 5 nitrogen and oxygen atoms in total. The monoisotopic (exact) mass is 328 g/mol. The van der Waals surface area contributed by atoms with E-state index < -0.39 is 23.5 Å². The van der Waals surface area contributed by atoms with E-state index in [1.54, 1.807) is 45.0 Å². The summed E-state index contributed by atoms with van der Waals surface area (Å²) in [4.78, 5) is 22.9. The number of ether oxygens (including phenoxy) is 2. The van der Waals surface area contributed by atoms with Crippen LogP contribution in [0.1, 0.15) is 33.6 Å². The Bertz CT molecular complexity index is 504. The second kappa shape index (κ2) is 8.03. The Labute approximate surface area is 135 Å². The number of esters is 1. The molecule has 1 rings (SSSR count). The van der Waals surface area contributed by atoms with Gasteiger partial charge in [-0.3, -0.25) is 9.59 Å². The van der Waals surface area contributed by atoms with Gasteiger partial charge in [0.15, 0.2) is 0 Å². The van der Waals surface area contributed by atoms with Crippen LogP contribution in [-0.4, -0.2) is 29.3 Å². The number of benzene rings is 1. The minimum atomic E-state index is -1.04. The first-order chi connectivity index (χ1) is 10.2. The van der Waals surface area contributed by atoms with Crippen LogP contribution in [0.4, 0.5) is 0 Å². The maximum atomic E-state index is 11.7. The predicted molar refractivity (Wildman–Crippen MR) is 83.2 cm³/mol. The molecule has 0 unspecified atom stereocenters. The molecule has 0 spiro atoms. The molecule has 0 fully saturated rings. The molecule has 0 aliphatic rings. The number of carboxylic acids is 1. The number of carbonyl (C=O) groups excluding carboxylic acids is 1. The topological polar surface area (TPSA) is 72.8 Å². The van der Waals surface area contributed by atoms with Crippen molar-refractivity contribution in [2.24, 2.45) is 5.92 Å². The quantitative estimate of drug-likeness (QED) is 0.775. The van der Waals surface area contributed by atoms with Gasteiger partial charge in [0.1, 0.15) is 11.4 Å². The van der Waals surface area contributed by atoms with E-state index in [9.17, 15) is 14.7 Å². The fourth-order valence-corrected chi connectivity index (χ4v) is 1.87. The van der Waals surface area contributed by atoms with Gasteiger partial charge >= 0.3 is 11.9 Å². The number of halogens is 1. The molecule has 6 heteroatoms. The van der Waals surface area contributed by atoms with Gasteiger partial charge in [-0.25, -0.2) is 0 Å². The van der Waals surface area contributed by atoms with Gasteiger partial charge in [0, 0.05) is 5.02 Å². The molecule has 0 aromatic heterocycles. The van der Waals surface area contributed by atoms with E-state index in [1.807, 2.05) is 0 Å². The Morgan fingerprint density at radius 2 is 1.82 bits per heavy atom. The second-order valence-corrected chi connectivity index (χ2v) is 6.35. The Morgan fingerprint density at radius 1 is 1.23 bits per heavy atom. The van der Waals surface area contributed by atoms with Gasteiger partial charge in [0.25, 0.3) is 0 Å². The van der Waals surface area contributed by atoms with Gasteiger partial charge in [-0.2, -0.15) is 0 Å². The van der Waals surface area contributed by atoms with Crippen molar-refractivity contribution in [1.29, 1.82) is 0 Å². The van der Waals surface area contributed by atoms with Crippen LogP contribution in [0.15, 0.2) is 24.3 Å². The zero-order chi connectivity index (χ0) is 16.8. The summed E-state index contributed by atoms with van der Waals surface area (Å²) in [5.41, 5.74) is -0.625. The van der Waals surface area contributed by atoms with E-state index in [1.165, 1.54) is 0 Å². The highest BCUT2D eigenvalue weighted by atomic mass is 35.5. The number of carboxylic acid groups (broad SMARTS) is 1. The molecular formula is C16H21ClO5. The fraction of sp³-hybridized carbons (Fsp3) is 0.500. The molecule has 22 heavy (non-hydrogen) atoms. The SMILES string of the molecule is CC(C)(C)OC(=O)C[C@@H](CCOc1ccc(Cl)cc1)C(=O)O. The molecule has 0 aliphatic heterocycles. The predicted octanol–water partition coefficient (Wildman–Crippen LogP) is 3.54. The van der Waals surface area contributed by atoms with Crippen LogP contribution in [0.3, 0.4) is 0 Å². The summed E-state index contributed by atoms with van der Waals surface area (Å²) in [7, 11) is 0. The third-order valence-corrected chi connectivity index (χ3v) is 2.98. The summed E-state index contributed by atoms with van der Waals surface area (Å²) in [5, 5.41) is 9.77. The molecule has 122 valence electrons. The van der Waals surface area contributed by atoms with Crippen LogP contribution < -0.4 is 4.74 Å². The average molecular weight is 329 g/mol. The summed E-state index contributed by atoms with van der Waals surface area (Å²) in [6, 6.07) is 6.77. The number of hydrogen-bond acceptors (Lipinski definition) is 4. The van der Waals surface area contributed by atoms with E-state index in [2.05, 4.69) is 0 Å². The molecular weight excluding hydrogens is 308 g/mol. The van der Waals surface area contributed by atoms with Gasteiger partial charge in [-0.15, -0.1) is 0 Å². The Kier molecular flexibility index (Phi) is 6.68. The lowest BCUT2D eigenvalue weighted by Gasteiger charge is -2.21. The Balaban J connectivity index is 2.46. The van der Waals surface area contributed by atoms with Crippen LogP contribution >= 0.6 is 11.6 Å². The lowest BCUT2D eigenvalue weighted by atomic mass is 10.0. The van der Waals surface area contributed by atoms with Crippen LogP contribution in [-0.2, 0) is 14.3 Å². The molecule has 1 aromatic rings. The van der Waals surface area contributed by atoms with Crippen molar-refractivity contribution in [3.63, 3.8) is 0 Å². The maximum Gasteiger partial charge on any atom is 0.307 e. The highest BCUT2D eigenvalue weighted by Gasteiger charge is 2.25. The van der Waals surface area contributed by atoms with Crippen molar-refractivity contribution in [1.82, 2.24) is 0 Å². The average Bonchev–Trinajstić information content (AvgIpc) is 2.37. The minimum absolute atomic E-state index is 0.170. The molecule has 0 saturated heterocycles. The van der Waals surface area contributed by atoms with Gasteiger partial charge in [-0.05, 0) is 51.5 Å². The third-order valence-electron chi connectivity index (χ3n) is 2.73. The van der Waals surface area contributed by atoms with Crippen molar-refractivity contribution in [2.45, 2.75) is 39.2 Å². The number of aliphatic carboxylic acids is 1. The van der Waals surface area contributed by atoms with E-state index >= 15 is 0 Å². The number of carbonyl (C=O) groups is 2. The Morgan fingerprint density at radius 3 is 2.32 bits per heavy atom. The fourth-order valence-electron chi connectivity index (χ4n) is 1.75. The highest BCUT2D eigenvalue weighted by molar-refractivity contribution is 6.30. The summed E-state index contributed by atoms with van der Waals surface area (Å²) in [6.07, 6.45) is 0.0494. The van der Waals surface area contributed by atoms with Crippen molar-refractivity contribution in [3.8, 4) is 5.75 Å². The lowest BCUT2D eigenvalue weighted by molar-refractivity contribution is -0.160. The van der Waals surface area contributed by atoms with Crippen molar-refractivity contribution in [3.05, 3.63) is 29.3 Å². The zero-order valence-electron chi connectivity index (χ0n) is 13.0. The van der Waals surface area contributed by atoms with E-state index in [0.29, 0.717) is 10.8 Å². The highest BCUT2D eigenvalue weighted by Crippen LogP contribution is 2.18. The molecule has 0 heterocycles. The molecule has 1 atom stereocenters. The van der Waals surface area contributed by atoms with Crippen LogP contribution in [0.25, 0.3) is 0 Å². The smallest absolute Gasteiger partial charge is 0.307 e. The van der Waals surface area contributed by atoms with Gasteiger partial charge in [0.05, 0.1) is 18.9 Å². The molecule has 0 aliphatic carbocycles. The normalized spacial score (nSPS) is 12.5. The first-order valence-corrected chi connectivity index (χ1v) is 7.38. The summed E-state index contributed by atoms with van der Waals surface area (Å²) < 4.78 is 10.6. The maximum absolute atomic E-state index is 11.7. The molecule has 1 N–H and O–H groups in total. The molecule has 1 aromatic carbocycles. The Hall–Kier alpha value is -1.75. The molecule has 0 bridgehead atoms. The lowest BCUT2D eigenvalue weighted by Crippen LogP contribution is -2.28. The summed E-state index contributed by atoms with van der Waals surface area (Å²) in [6.45, 7) is 5.42. The van der Waals surface area contributed by atoms with Crippen molar-refractivity contribution < 1.29 is 24.2 Å². The van der Waals surface area contributed by atoms with Gasteiger partial charge in [-0.1, -0.05) is 11.6 Å². The third kappa shape index (κ3) is 7.31. The van der Waals surface area contributed by atoms with Crippen LogP contribution in [0.2, 0.25) is 5.02 Å². The molecule has 0 saturated carbocycles. The molecule has 0 amide bonds. The first kappa shape index (κ1) is 18.3. The van der Waals surface area contributed by atoms with Gasteiger partial charge in [0.2, 0.25) is 0 Å². The van der Waals surface area contributed by atoms with Crippen LogP contribution in [0.5, 0.6) is 5.75 Å². The van der Waals surface area contributed by atoms with Crippen molar-refractivity contribution in [2.75, 3.05) is 6.61 Å². The first-order valence-electron chi connectivity index (χ1n) is 7.00. The van der Waals surface area contributed by atoms with Crippen LogP contribution in [0, 0.1) is 5.92 Å². The van der Waals surface area contributed by atoms with E-state index in [4.69, 9.17) is 21.1 Å². The number of rotatable bonds is 7. The van der Waals surface area contributed by atoms with E-state index in [-0.39, 0.29) is 19.4 Å². The standard InChI is InChI=1S/C16H21ClO5/c1-16(2,3)22-14(18)10-11(15(19)20)8-9-21-13-6-4-12(17)5-7-13/h4-7,11H,8-10H2,1-3H3,(H,19,20)/t11-/m1/s1. The minimum Gasteiger partial charge on any atom is -0.494 e. The van der Waals surface area contributed by atoms with Gasteiger partial charge < -0.3 is 14.6 Å². The zero-order valence-corrected chi connectivity index (χ0v) is 13.7. The second-order valence-electron chi connectivity index (χ2n) is 5.92. The largest absolute Gasteiger partial charge is 0.494 e. The van der Waals surface area contributed by atoms with E-state index in [0.717, 1.165) is 0 Å². The number of hydrogen-bond donors (Lipinski definition) is 1. The van der Waals surface area contributed by atoms with Crippen molar-refractivity contribution >= 4 is 23.5 Å². The molecule has 0 radical (unpaired) electrons. The summed E-state index contributed by atoms with van der Waals surface area (Å²) >= 11 is 5.76. The summed E-state index contributed by atoms with van der Waals surface area (Å²) in [5.74, 6) is -1.79.